The Kier molecular flexibility index (Phi) is 12.6. The number of aromatic nitrogens is 2. The van der Waals surface area contributed by atoms with Crippen LogP contribution in [-0.2, 0) is 33.0 Å². The van der Waals surface area contributed by atoms with Gasteiger partial charge < -0.3 is 24.4 Å². The van der Waals surface area contributed by atoms with Gasteiger partial charge in [0.15, 0.2) is 5.75 Å². The molecule has 0 bridgehead atoms. The molecule has 0 aliphatic carbocycles. The Labute approximate surface area is 292 Å². The van der Waals surface area contributed by atoms with E-state index in [4.69, 9.17) is 14.2 Å². The van der Waals surface area contributed by atoms with Crippen molar-refractivity contribution in [2.45, 2.75) is 77.3 Å². The van der Waals surface area contributed by atoms with Crippen LogP contribution in [0.15, 0.2) is 42.6 Å². The summed E-state index contributed by atoms with van der Waals surface area (Å²) in [5, 5.41) is 3.28. The number of benzene rings is 2. The summed E-state index contributed by atoms with van der Waals surface area (Å²) in [5.74, 6) is -0.385. The molecular formula is C35H41F6N5O5. The molecule has 0 saturated heterocycles. The Morgan fingerprint density at radius 1 is 0.961 bits per heavy atom. The van der Waals surface area contributed by atoms with Crippen molar-refractivity contribution in [2.24, 2.45) is 0 Å². The predicted octanol–water partition coefficient (Wildman–Crippen LogP) is 8.19. The van der Waals surface area contributed by atoms with Crippen molar-refractivity contribution in [3.63, 3.8) is 0 Å². The molecule has 2 aromatic carbocycles. The van der Waals surface area contributed by atoms with Gasteiger partial charge in [0, 0.05) is 44.2 Å². The average molecular weight is 726 g/mol. The highest BCUT2D eigenvalue weighted by Gasteiger charge is 2.38. The fourth-order valence-corrected chi connectivity index (χ4v) is 5.77. The summed E-state index contributed by atoms with van der Waals surface area (Å²) in [5.41, 5.74) is -0.997. The number of esters is 1. The Bertz CT molecular complexity index is 1650. The maximum atomic E-state index is 13.7. The first-order valence-electron chi connectivity index (χ1n) is 16.5. The number of amides is 1. The molecule has 1 amide bonds. The Morgan fingerprint density at radius 2 is 1.63 bits per heavy atom. The summed E-state index contributed by atoms with van der Waals surface area (Å²) in [7, 11) is 3.73. The first-order valence-corrected chi connectivity index (χ1v) is 16.5. The van der Waals surface area contributed by atoms with E-state index in [1.165, 1.54) is 6.20 Å². The molecule has 2 heterocycles. The summed E-state index contributed by atoms with van der Waals surface area (Å²) in [4.78, 5) is 37.3. The van der Waals surface area contributed by atoms with Crippen LogP contribution < -0.4 is 19.9 Å². The van der Waals surface area contributed by atoms with Crippen LogP contribution in [-0.4, -0.2) is 62.0 Å². The van der Waals surface area contributed by atoms with Crippen molar-refractivity contribution < 1.29 is 50.1 Å². The summed E-state index contributed by atoms with van der Waals surface area (Å²) in [6.07, 6.45) is -8.50. The molecule has 1 aliphatic heterocycles. The normalized spacial score (nSPS) is 15.9. The smallest absolute Gasteiger partial charge is 0.416 e. The molecule has 0 spiro atoms. The van der Waals surface area contributed by atoms with E-state index in [-0.39, 0.29) is 67.7 Å². The second-order valence-corrected chi connectivity index (χ2v) is 12.1. The number of hydrogen-bond donors (Lipinski definition) is 1. The van der Waals surface area contributed by atoms with Gasteiger partial charge in [-0.15, -0.1) is 0 Å². The van der Waals surface area contributed by atoms with Crippen LogP contribution in [0.5, 0.6) is 5.75 Å². The van der Waals surface area contributed by atoms with Crippen molar-refractivity contribution in [3.8, 4) is 5.75 Å². The standard InChI is InChI=1S/C35H41F6N5O5/c1-6-24-19-27(26-18-25(45(4)5)11-12-29(26)46(24)33(48)50-8-3)43-32-42-20-30(51-13-9-10-31(47)49-7-2)28(44-32)16-21-14-22(34(36,37)38)17-23(15-21)35(39,40)41/h11-12,14-15,17-18,20,24,27H,6-10,13,16,19H2,1-5H3,(H,42,43,44)/t24-,27+/m1/s1. The molecule has 0 unspecified atom stereocenters. The second-order valence-electron chi connectivity index (χ2n) is 12.1. The van der Waals surface area contributed by atoms with E-state index in [9.17, 15) is 35.9 Å². The molecule has 0 radical (unpaired) electrons. The molecule has 10 nitrogen and oxygen atoms in total. The number of carbonyl (C=O) groups is 2. The van der Waals surface area contributed by atoms with Crippen molar-refractivity contribution in [1.82, 2.24) is 9.97 Å². The van der Waals surface area contributed by atoms with E-state index in [0.29, 0.717) is 30.7 Å². The van der Waals surface area contributed by atoms with E-state index in [1.807, 2.05) is 44.1 Å². The lowest BCUT2D eigenvalue weighted by Gasteiger charge is -2.40. The zero-order chi connectivity index (χ0) is 37.5. The molecule has 1 aromatic heterocycles. The third-order valence-corrected chi connectivity index (χ3v) is 8.21. The van der Waals surface area contributed by atoms with Gasteiger partial charge in [-0.2, -0.15) is 26.3 Å². The van der Waals surface area contributed by atoms with Gasteiger partial charge in [0.25, 0.3) is 0 Å². The number of anilines is 3. The van der Waals surface area contributed by atoms with Gasteiger partial charge in [-0.1, -0.05) is 6.92 Å². The van der Waals surface area contributed by atoms with Crippen LogP contribution in [0.2, 0.25) is 0 Å². The van der Waals surface area contributed by atoms with E-state index in [1.54, 1.807) is 18.7 Å². The summed E-state index contributed by atoms with van der Waals surface area (Å²) in [6, 6.07) is 6.22. The average Bonchev–Trinajstić information content (AvgIpc) is 3.06. The maximum absolute atomic E-state index is 13.7. The zero-order valence-corrected chi connectivity index (χ0v) is 29.0. The Balaban J connectivity index is 1.74. The van der Waals surface area contributed by atoms with Crippen LogP contribution in [0.4, 0.5) is 48.5 Å². The molecule has 1 N–H and O–H groups in total. The molecule has 0 saturated carbocycles. The van der Waals surface area contributed by atoms with Gasteiger partial charge in [-0.25, -0.2) is 14.8 Å². The lowest BCUT2D eigenvalue weighted by molar-refractivity contribution is -0.144. The van der Waals surface area contributed by atoms with Crippen LogP contribution in [0, 0.1) is 0 Å². The van der Waals surface area contributed by atoms with Gasteiger partial charge >= 0.3 is 24.4 Å². The fraction of sp³-hybridized carbons (Fsp3) is 0.486. The minimum atomic E-state index is -5.03. The number of nitrogens with zero attached hydrogens (tertiary/aromatic N) is 4. The first kappa shape index (κ1) is 39.0. The lowest BCUT2D eigenvalue weighted by Crippen LogP contribution is -2.46. The van der Waals surface area contributed by atoms with Gasteiger partial charge in [-0.05, 0) is 75.1 Å². The van der Waals surface area contributed by atoms with E-state index < -0.39 is 48.0 Å². The first-order chi connectivity index (χ1) is 24.0. The molecule has 51 heavy (non-hydrogen) atoms. The fourth-order valence-electron chi connectivity index (χ4n) is 5.77. The predicted molar refractivity (Wildman–Crippen MR) is 178 cm³/mol. The Hall–Kier alpha value is -4.76. The molecule has 278 valence electrons. The number of alkyl halides is 6. The van der Waals surface area contributed by atoms with Crippen LogP contribution in [0.1, 0.15) is 80.4 Å². The highest BCUT2D eigenvalue weighted by Crippen LogP contribution is 2.42. The third kappa shape index (κ3) is 9.94. The number of ether oxygens (including phenoxy) is 3. The van der Waals surface area contributed by atoms with Crippen LogP contribution in [0.3, 0.4) is 0 Å². The van der Waals surface area contributed by atoms with E-state index in [2.05, 4.69) is 15.3 Å². The maximum Gasteiger partial charge on any atom is 0.416 e. The molecule has 0 fully saturated rings. The van der Waals surface area contributed by atoms with Gasteiger partial charge in [0.1, 0.15) is 0 Å². The lowest BCUT2D eigenvalue weighted by atomic mass is 9.89. The molecule has 4 rings (SSSR count). The summed E-state index contributed by atoms with van der Waals surface area (Å²) >= 11 is 0. The molecule has 2 atom stereocenters. The number of halogens is 6. The highest BCUT2D eigenvalue weighted by atomic mass is 19.4. The summed E-state index contributed by atoms with van der Waals surface area (Å²) < 4.78 is 98.2. The molecule has 16 heteroatoms. The molecule has 1 aliphatic rings. The zero-order valence-electron chi connectivity index (χ0n) is 29.0. The van der Waals surface area contributed by atoms with E-state index >= 15 is 0 Å². The van der Waals surface area contributed by atoms with Crippen molar-refractivity contribution in [1.29, 1.82) is 0 Å². The van der Waals surface area contributed by atoms with Gasteiger partial charge in [0.2, 0.25) is 5.95 Å². The molecule has 3 aromatic rings. The number of carbonyl (C=O) groups excluding carboxylic acids is 2. The number of fused-ring (bicyclic) bond motifs is 1. The summed E-state index contributed by atoms with van der Waals surface area (Å²) in [6.45, 7) is 5.67. The minimum Gasteiger partial charge on any atom is -0.490 e. The number of rotatable bonds is 13. The quantitative estimate of drug-likeness (QED) is 0.106. The van der Waals surface area contributed by atoms with E-state index in [0.717, 1.165) is 11.3 Å². The third-order valence-electron chi connectivity index (χ3n) is 8.21. The Morgan fingerprint density at radius 3 is 2.22 bits per heavy atom. The minimum absolute atomic E-state index is 0.0224. The second kappa shape index (κ2) is 16.5. The van der Waals surface area contributed by atoms with Crippen molar-refractivity contribution in [2.75, 3.05) is 49.0 Å². The van der Waals surface area contributed by atoms with Crippen LogP contribution >= 0.6 is 0 Å². The SMILES string of the molecule is CCOC(=O)CCCOc1cnc(N[C@H]2C[C@@H](CC)N(C(=O)OCC)c3ccc(N(C)C)cc32)nc1Cc1cc(C(F)(F)F)cc(C(F)(F)F)c1. The van der Waals surface area contributed by atoms with Crippen molar-refractivity contribution >= 4 is 29.4 Å². The number of hydrogen-bond acceptors (Lipinski definition) is 9. The van der Waals surface area contributed by atoms with Crippen molar-refractivity contribution in [3.05, 3.63) is 70.5 Å². The monoisotopic (exact) mass is 725 g/mol. The highest BCUT2D eigenvalue weighted by molar-refractivity contribution is 5.91. The van der Waals surface area contributed by atoms with Gasteiger partial charge in [0.05, 0.1) is 54.6 Å². The molecular weight excluding hydrogens is 684 g/mol. The van der Waals surface area contributed by atoms with Gasteiger partial charge in [-0.3, -0.25) is 9.69 Å². The van der Waals surface area contributed by atoms with Crippen LogP contribution in [0.25, 0.3) is 0 Å². The number of nitrogens with one attached hydrogen (secondary N) is 1. The largest absolute Gasteiger partial charge is 0.490 e. The topological polar surface area (TPSA) is 106 Å².